The molecule has 2 aliphatic carbocycles. The third kappa shape index (κ3) is 1.80. The molecular formula is C12H13ClN2O2. The molecule has 5 heteroatoms. The van der Waals surface area contributed by atoms with Crippen LogP contribution in [-0.4, -0.2) is 21.0 Å². The van der Waals surface area contributed by atoms with Gasteiger partial charge in [0.2, 0.25) is 0 Å². The highest BCUT2D eigenvalue weighted by Gasteiger charge is 2.41. The minimum atomic E-state index is -1.08. The fourth-order valence-corrected chi connectivity index (χ4v) is 3.44. The Labute approximate surface area is 104 Å². The van der Waals surface area contributed by atoms with Gasteiger partial charge < -0.3 is 5.11 Å². The van der Waals surface area contributed by atoms with E-state index in [0.717, 1.165) is 12.3 Å². The molecule has 0 aliphatic heterocycles. The lowest BCUT2D eigenvalue weighted by Crippen LogP contribution is -2.14. The van der Waals surface area contributed by atoms with Crippen LogP contribution >= 0.6 is 11.6 Å². The first-order valence-corrected chi connectivity index (χ1v) is 6.28. The summed E-state index contributed by atoms with van der Waals surface area (Å²) in [5.74, 6) is 1.35. The van der Waals surface area contributed by atoms with Gasteiger partial charge in [0, 0.05) is 5.92 Å². The molecule has 2 saturated carbocycles. The quantitative estimate of drug-likeness (QED) is 0.879. The summed E-state index contributed by atoms with van der Waals surface area (Å²) in [6.07, 6.45) is 6.30. The van der Waals surface area contributed by atoms with Crippen LogP contribution < -0.4 is 0 Å². The van der Waals surface area contributed by atoms with Crippen LogP contribution in [0.3, 0.4) is 0 Å². The summed E-state index contributed by atoms with van der Waals surface area (Å²) >= 11 is 5.77. The highest BCUT2D eigenvalue weighted by molar-refractivity contribution is 6.33. The second-order valence-corrected chi connectivity index (χ2v) is 5.42. The molecule has 0 amide bonds. The van der Waals surface area contributed by atoms with E-state index in [1.165, 1.54) is 25.5 Å². The van der Waals surface area contributed by atoms with Gasteiger partial charge in [-0.1, -0.05) is 18.0 Å². The van der Waals surface area contributed by atoms with Gasteiger partial charge in [-0.05, 0) is 31.1 Å². The van der Waals surface area contributed by atoms with Crippen molar-refractivity contribution < 1.29 is 9.90 Å². The van der Waals surface area contributed by atoms with Crippen LogP contribution in [0, 0.1) is 11.8 Å². The molecule has 0 spiro atoms. The first kappa shape index (κ1) is 11.0. The molecule has 2 aliphatic rings. The molecular weight excluding hydrogens is 240 g/mol. The van der Waals surface area contributed by atoms with Crippen molar-refractivity contribution in [1.82, 2.24) is 9.97 Å². The first-order chi connectivity index (χ1) is 8.15. The maximum Gasteiger partial charge on any atom is 0.356 e. The van der Waals surface area contributed by atoms with Crippen LogP contribution in [0.5, 0.6) is 0 Å². The average molecular weight is 253 g/mol. The van der Waals surface area contributed by atoms with Crippen molar-refractivity contribution in [3.8, 4) is 0 Å². The Bertz CT molecular complexity index is 478. The van der Waals surface area contributed by atoms with Crippen LogP contribution in [0.4, 0.5) is 0 Å². The van der Waals surface area contributed by atoms with Crippen molar-refractivity contribution in [1.29, 1.82) is 0 Å². The van der Waals surface area contributed by atoms with E-state index in [9.17, 15) is 4.79 Å². The zero-order valence-electron chi connectivity index (χ0n) is 9.27. The zero-order valence-corrected chi connectivity index (χ0v) is 10.0. The minimum absolute atomic E-state index is 0.0700. The summed E-state index contributed by atoms with van der Waals surface area (Å²) in [5.41, 5.74) is -0.0700. The van der Waals surface area contributed by atoms with Gasteiger partial charge in [-0.3, -0.25) is 0 Å². The van der Waals surface area contributed by atoms with Crippen LogP contribution in [0.15, 0.2) is 6.20 Å². The van der Waals surface area contributed by atoms with Crippen LogP contribution in [-0.2, 0) is 0 Å². The fraction of sp³-hybridized carbons (Fsp3) is 0.583. The third-order valence-corrected chi connectivity index (χ3v) is 4.31. The Morgan fingerprint density at radius 1 is 1.41 bits per heavy atom. The number of rotatable bonds is 2. The maximum atomic E-state index is 11.0. The second-order valence-electron chi connectivity index (χ2n) is 5.01. The van der Waals surface area contributed by atoms with Crippen LogP contribution in [0.25, 0.3) is 0 Å². The molecule has 0 saturated heterocycles. The second kappa shape index (κ2) is 3.95. The Kier molecular flexibility index (Phi) is 2.54. The molecule has 0 radical (unpaired) electrons. The standard InChI is InChI=1S/C12H13ClN2O2/c13-9-5-14-11(15-10(9)12(16)17)8-4-6-1-2-7(8)3-6/h5-8H,1-4H2,(H,16,17). The van der Waals surface area contributed by atoms with E-state index >= 15 is 0 Å². The van der Waals surface area contributed by atoms with Gasteiger partial charge in [0.1, 0.15) is 5.82 Å². The number of aromatic nitrogens is 2. The largest absolute Gasteiger partial charge is 0.476 e. The van der Waals surface area contributed by atoms with E-state index in [0.29, 0.717) is 17.7 Å². The Morgan fingerprint density at radius 3 is 2.82 bits per heavy atom. The molecule has 3 unspecified atom stereocenters. The topological polar surface area (TPSA) is 63.1 Å². The molecule has 1 N–H and O–H groups in total. The highest BCUT2D eigenvalue weighted by Crippen LogP contribution is 2.52. The molecule has 3 rings (SSSR count). The van der Waals surface area contributed by atoms with Crippen molar-refractivity contribution in [3.63, 3.8) is 0 Å². The normalized spacial score (nSPS) is 30.8. The van der Waals surface area contributed by atoms with Crippen LogP contribution in [0.1, 0.15) is 47.9 Å². The number of aromatic carboxylic acids is 1. The Balaban J connectivity index is 1.93. The predicted octanol–water partition coefficient (Wildman–Crippen LogP) is 2.73. The molecule has 0 aromatic carbocycles. The molecule has 2 bridgehead atoms. The molecule has 4 nitrogen and oxygen atoms in total. The number of carboxylic acids is 1. The molecule has 1 heterocycles. The number of halogens is 1. The van der Waals surface area contributed by atoms with Gasteiger partial charge in [-0.2, -0.15) is 0 Å². The first-order valence-electron chi connectivity index (χ1n) is 5.91. The van der Waals surface area contributed by atoms with E-state index in [-0.39, 0.29) is 10.7 Å². The van der Waals surface area contributed by atoms with Crippen molar-refractivity contribution >= 4 is 17.6 Å². The molecule has 1 aromatic rings. The number of hydrogen-bond acceptors (Lipinski definition) is 3. The average Bonchev–Trinajstić information content (AvgIpc) is 2.91. The molecule has 17 heavy (non-hydrogen) atoms. The van der Waals surface area contributed by atoms with E-state index in [4.69, 9.17) is 16.7 Å². The molecule has 1 aromatic heterocycles. The summed E-state index contributed by atoms with van der Waals surface area (Å²) < 4.78 is 0. The Hall–Kier alpha value is -1.16. The van der Waals surface area contributed by atoms with E-state index in [1.807, 2.05) is 0 Å². The fourth-order valence-electron chi connectivity index (χ4n) is 3.27. The maximum absolute atomic E-state index is 11.0. The summed E-state index contributed by atoms with van der Waals surface area (Å²) in [6, 6.07) is 0. The number of carboxylic acid groups (broad SMARTS) is 1. The van der Waals surface area contributed by atoms with Gasteiger partial charge in [-0.25, -0.2) is 14.8 Å². The minimum Gasteiger partial charge on any atom is -0.476 e. The molecule has 90 valence electrons. The SMILES string of the molecule is O=C(O)c1nc(C2CC3CCC2C3)ncc1Cl. The summed E-state index contributed by atoms with van der Waals surface area (Å²) in [4.78, 5) is 19.3. The van der Waals surface area contributed by atoms with E-state index in [1.54, 1.807) is 0 Å². The lowest BCUT2D eigenvalue weighted by atomic mass is 9.88. The smallest absolute Gasteiger partial charge is 0.356 e. The number of fused-ring (bicyclic) bond motifs is 2. The highest BCUT2D eigenvalue weighted by atomic mass is 35.5. The number of carbonyl (C=O) groups is 1. The van der Waals surface area contributed by atoms with E-state index < -0.39 is 5.97 Å². The number of nitrogens with zero attached hydrogens (tertiary/aromatic N) is 2. The van der Waals surface area contributed by atoms with Gasteiger partial charge in [-0.15, -0.1) is 0 Å². The van der Waals surface area contributed by atoms with Crippen molar-refractivity contribution in [3.05, 3.63) is 22.7 Å². The number of hydrogen-bond donors (Lipinski definition) is 1. The lowest BCUT2D eigenvalue weighted by Gasteiger charge is -2.20. The van der Waals surface area contributed by atoms with Gasteiger partial charge in [0.25, 0.3) is 0 Å². The Morgan fingerprint density at radius 2 is 2.24 bits per heavy atom. The summed E-state index contributed by atoms with van der Waals surface area (Å²) in [6.45, 7) is 0. The monoisotopic (exact) mass is 252 g/mol. The van der Waals surface area contributed by atoms with E-state index in [2.05, 4.69) is 9.97 Å². The van der Waals surface area contributed by atoms with Crippen molar-refractivity contribution in [2.45, 2.75) is 31.6 Å². The van der Waals surface area contributed by atoms with Crippen molar-refractivity contribution in [2.24, 2.45) is 11.8 Å². The van der Waals surface area contributed by atoms with Crippen molar-refractivity contribution in [2.75, 3.05) is 0 Å². The van der Waals surface area contributed by atoms with Gasteiger partial charge in [0.05, 0.1) is 11.2 Å². The third-order valence-electron chi connectivity index (χ3n) is 4.04. The molecule has 3 atom stereocenters. The lowest BCUT2D eigenvalue weighted by molar-refractivity contribution is 0.0690. The zero-order chi connectivity index (χ0) is 12.0. The summed E-state index contributed by atoms with van der Waals surface area (Å²) in [7, 11) is 0. The van der Waals surface area contributed by atoms with Crippen LogP contribution in [0.2, 0.25) is 5.02 Å². The van der Waals surface area contributed by atoms with Gasteiger partial charge in [0.15, 0.2) is 5.69 Å². The summed E-state index contributed by atoms with van der Waals surface area (Å²) in [5, 5.41) is 9.11. The van der Waals surface area contributed by atoms with Gasteiger partial charge >= 0.3 is 5.97 Å². The predicted molar refractivity (Wildman–Crippen MR) is 62.2 cm³/mol. The molecule has 2 fully saturated rings.